The third-order valence-corrected chi connectivity index (χ3v) is 9.28. The van der Waals surface area contributed by atoms with E-state index >= 15 is 0 Å². The summed E-state index contributed by atoms with van der Waals surface area (Å²) in [6.07, 6.45) is 0.876. The molecule has 5 rings (SSSR count). The van der Waals surface area contributed by atoms with E-state index in [1.54, 1.807) is 32.1 Å². The van der Waals surface area contributed by atoms with Crippen LogP contribution in [0.4, 0.5) is 0 Å². The predicted octanol–water partition coefficient (Wildman–Crippen LogP) is 3.87. The minimum absolute atomic E-state index is 0.0231. The van der Waals surface area contributed by atoms with Crippen LogP contribution in [0.3, 0.4) is 0 Å². The lowest BCUT2D eigenvalue weighted by atomic mass is 9.39. The summed E-state index contributed by atoms with van der Waals surface area (Å²) in [6, 6.07) is 3.48. The topological polar surface area (TPSA) is 104 Å². The number of hydrogen-bond acceptors (Lipinski definition) is 8. The molecule has 0 radical (unpaired) electrons. The molecule has 35 heavy (non-hydrogen) atoms. The Morgan fingerprint density at radius 1 is 1.26 bits per heavy atom. The smallest absolute Gasteiger partial charge is 0.303 e. The van der Waals surface area contributed by atoms with Crippen LogP contribution in [0, 0.1) is 16.7 Å². The number of aliphatic hydroxyl groups excluding tert-OH is 1. The number of rotatable bonds is 3. The minimum atomic E-state index is -1.59. The van der Waals surface area contributed by atoms with Crippen molar-refractivity contribution in [2.24, 2.45) is 16.7 Å². The Balaban J connectivity index is 1.81. The fourth-order valence-electron chi connectivity index (χ4n) is 8.02. The molecular weight excluding hydrogens is 452 g/mol. The van der Waals surface area contributed by atoms with Crippen LogP contribution < -0.4 is 0 Å². The lowest BCUT2D eigenvalue weighted by molar-refractivity contribution is -0.445. The number of esters is 1. The Morgan fingerprint density at radius 3 is 2.57 bits per heavy atom. The molecule has 1 spiro atoms. The van der Waals surface area contributed by atoms with E-state index in [1.165, 1.54) is 13.2 Å². The van der Waals surface area contributed by atoms with Gasteiger partial charge in [0.25, 0.3) is 0 Å². The van der Waals surface area contributed by atoms with Crippen LogP contribution in [0.2, 0.25) is 0 Å². The van der Waals surface area contributed by atoms with Crippen molar-refractivity contribution < 1.29 is 38.1 Å². The highest BCUT2D eigenvalue weighted by molar-refractivity contribution is 5.93. The van der Waals surface area contributed by atoms with E-state index in [-0.39, 0.29) is 12.2 Å². The van der Waals surface area contributed by atoms with E-state index in [0.29, 0.717) is 12.2 Å². The Hall–Kier alpha value is -2.00. The van der Waals surface area contributed by atoms with Gasteiger partial charge in [-0.25, -0.2) is 0 Å². The normalized spacial score (nSPS) is 48.4. The SMILES string of the molecule is C=C[C@@]1(C)CC(=O)[C@@]23O[C@@H](c4ccco4)O[C@H]4CCC(C)(C)[C@H]([C@H](O)[C@H](OC(C)=O)[C@@]2(C)O1)[C@]43C. The van der Waals surface area contributed by atoms with Gasteiger partial charge in [0.15, 0.2) is 23.2 Å². The lowest BCUT2D eigenvalue weighted by Gasteiger charge is -2.74. The van der Waals surface area contributed by atoms with Crippen LogP contribution in [0.1, 0.15) is 72.9 Å². The van der Waals surface area contributed by atoms with Crippen molar-refractivity contribution >= 4 is 11.8 Å². The first-order valence-electron chi connectivity index (χ1n) is 12.3. The summed E-state index contributed by atoms with van der Waals surface area (Å²) < 4.78 is 31.4. The number of carbonyl (C=O) groups is 2. The molecule has 1 aromatic rings. The molecule has 2 saturated heterocycles. The molecule has 0 aromatic carbocycles. The molecule has 0 amide bonds. The molecule has 0 bridgehead atoms. The number of aliphatic hydroxyl groups is 1. The summed E-state index contributed by atoms with van der Waals surface area (Å²) in [5, 5.41) is 11.9. The van der Waals surface area contributed by atoms with Gasteiger partial charge < -0.3 is 28.5 Å². The van der Waals surface area contributed by atoms with E-state index < -0.39 is 64.1 Å². The largest absolute Gasteiger partial charge is 0.464 e. The maximum Gasteiger partial charge on any atom is 0.303 e. The monoisotopic (exact) mass is 488 g/mol. The summed E-state index contributed by atoms with van der Waals surface area (Å²) in [4.78, 5) is 26.8. The summed E-state index contributed by atoms with van der Waals surface area (Å²) in [7, 11) is 0. The van der Waals surface area contributed by atoms with E-state index in [4.69, 9.17) is 23.4 Å². The zero-order valence-electron chi connectivity index (χ0n) is 21.3. The van der Waals surface area contributed by atoms with E-state index in [2.05, 4.69) is 20.4 Å². The fourth-order valence-corrected chi connectivity index (χ4v) is 8.02. The maximum absolute atomic E-state index is 14.5. The van der Waals surface area contributed by atoms with Crippen molar-refractivity contribution in [2.75, 3.05) is 0 Å². The quantitative estimate of drug-likeness (QED) is 0.505. The highest BCUT2D eigenvalue weighted by atomic mass is 16.7. The molecule has 9 atom stereocenters. The zero-order valence-corrected chi connectivity index (χ0v) is 21.3. The molecule has 8 nitrogen and oxygen atoms in total. The van der Waals surface area contributed by atoms with Gasteiger partial charge in [-0.3, -0.25) is 9.59 Å². The average molecular weight is 489 g/mol. The predicted molar refractivity (Wildman–Crippen MR) is 124 cm³/mol. The van der Waals surface area contributed by atoms with Crippen molar-refractivity contribution in [1.82, 2.24) is 0 Å². The van der Waals surface area contributed by atoms with Crippen molar-refractivity contribution in [3.8, 4) is 0 Å². The Kier molecular flexibility index (Phi) is 5.29. The maximum atomic E-state index is 14.5. The average Bonchev–Trinajstić information content (AvgIpc) is 3.29. The molecule has 192 valence electrons. The van der Waals surface area contributed by atoms with Gasteiger partial charge in [0.1, 0.15) is 5.60 Å². The minimum Gasteiger partial charge on any atom is -0.464 e. The van der Waals surface area contributed by atoms with Gasteiger partial charge in [-0.2, -0.15) is 0 Å². The fraction of sp³-hybridized carbons (Fsp3) is 0.704. The van der Waals surface area contributed by atoms with Crippen LogP contribution >= 0.6 is 0 Å². The Bertz CT molecular complexity index is 1050. The molecule has 8 heteroatoms. The molecule has 1 aromatic heterocycles. The molecule has 0 unspecified atom stereocenters. The molecule has 3 heterocycles. The first kappa shape index (κ1) is 24.7. The number of ether oxygens (including phenoxy) is 4. The molecule has 1 N–H and O–H groups in total. The highest BCUT2D eigenvalue weighted by Crippen LogP contribution is 2.71. The van der Waals surface area contributed by atoms with Crippen LogP contribution in [0.5, 0.6) is 0 Å². The molecule has 2 aliphatic heterocycles. The molecule has 4 fully saturated rings. The first-order chi connectivity index (χ1) is 16.3. The number of carbonyl (C=O) groups excluding carboxylic acids is 2. The summed E-state index contributed by atoms with van der Waals surface area (Å²) in [6.45, 7) is 14.8. The van der Waals surface area contributed by atoms with Crippen molar-refractivity contribution in [1.29, 1.82) is 0 Å². The van der Waals surface area contributed by atoms with Crippen molar-refractivity contribution in [3.05, 3.63) is 36.8 Å². The summed E-state index contributed by atoms with van der Waals surface area (Å²) in [5.41, 5.74) is -5.56. The number of hydrogen-bond donors (Lipinski definition) is 1. The third-order valence-electron chi connectivity index (χ3n) is 9.28. The zero-order chi connectivity index (χ0) is 25.6. The number of furan rings is 1. The number of ketones is 1. The molecule has 4 aliphatic rings. The van der Waals surface area contributed by atoms with E-state index in [1.807, 2.05) is 6.92 Å². The summed E-state index contributed by atoms with van der Waals surface area (Å²) in [5.74, 6) is -0.807. The number of Topliss-reactive ketones (excluding diaryl/α,β-unsaturated/α-hetero) is 1. The van der Waals surface area contributed by atoms with Gasteiger partial charge >= 0.3 is 5.97 Å². The van der Waals surface area contributed by atoms with Gasteiger partial charge in [-0.1, -0.05) is 26.8 Å². The van der Waals surface area contributed by atoms with Gasteiger partial charge in [-0.05, 0) is 44.2 Å². The van der Waals surface area contributed by atoms with E-state index in [9.17, 15) is 14.7 Å². The van der Waals surface area contributed by atoms with E-state index in [0.717, 1.165) is 6.42 Å². The van der Waals surface area contributed by atoms with Crippen LogP contribution in [0.15, 0.2) is 35.5 Å². The van der Waals surface area contributed by atoms with Crippen molar-refractivity contribution in [2.45, 2.75) is 102 Å². The third kappa shape index (κ3) is 3.00. The second kappa shape index (κ2) is 7.51. The van der Waals surface area contributed by atoms with Crippen LogP contribution in [-0.2, 0) is 28.5 Å². The van der Waals surface area contributed by atoms with Crippen molar-refractivity contribution in [3.63, 3.8) is 0 Å². The second-order valence-electron chi connectivity index (χ2n) is 11.9. The molecule has 2 saturated carbocycles. The summed E-state index contributed by atoms with van der Waals surface area (Å²) >= 11 is 0. The standard InChI is InChI=1S/C27H36O8/c1-8-24(5)14-17(29)27-25(6)18(33-22(34-27)16-10-9-13-31-16)11-12-23(3,4)20(25)19(30)21(32-15(2)28)26(27,7)35-24/h8-10,13,18-22,30H,1,11-12,14H2,2-7H3/t18-,19-,20-,21-,22-,24-,25-,26+,27-/m0/s1. The van der Waals surface area contributed by atoms with Crippen LogP contribution in [-0.4, -0.2) is 52.0 Å². The Morgan fingerprint density at radius 2 is 1.97 bits per heavy atom. The van der Waals surface area contributed by atoms with Gasteiger partial charge in [0, 0.05) is 24.7 Å². The lowest BCUT2D eigenvalue weighted by Crippen LogP contribution is -2.88. The molecular formula is C27H36O8. The highest BCUT2D eigenvalue weighted by Gasteiger charge is 2.84. The van der Waals surface area contributed by atoms with Gasteiger partial charge in [0.2, 0.25) is 6.29 Å². The van der Waals surface area contributed by atoms with Gasteiger partial charge in [0.05, 0.1) is 24.1 Å². The second-order valence-corrected chi connectivity index (χ2v) is 11.9. The Labute approximate surface area is 205 Å². The molecule has 2 aliphatic carbocycles. The first-order valence-corrected chi connectivity index (χ1v) is 12.3. The van der Waals surface area contributed by atoms with Crippen LogP contribution in [0.25, 0.3) is 0 Å². The van der Waals surface area contributed by atoms with Gasteiger partial charge in [-0.15, -0.1) is 6.58 Å².